The van der Waals surface area contributed by atoms with E-state index >= 15 is 0 Å². The van der Waals surface area contributed by atoms with E-state index in [4.69, 9.17) is 4.84 Å². The Labute approximate surface area is 109 Å². The highest BCUT2D eigenvalue weighted by atomic mass is 16.6. The molecule has 0 aromatic heterocycles. The Morgan fingerprint density at radius 1 is 1.00 bits per heavy atom. The van der Waals surface area contributed by atoms with Gasteiger partial charge in [0.15, 0.2) is 0 Å². The van der Waals surface area contributed by atoms with Crippen LogP contribution >= 0.6 is 0 Å². The van der Waals surface area contributed by atoms with Crippen LogP contribution in [0.4, 0.5) is 0 Å². The fourth-order valence-corrected chi connectivity index (χ4v) is 2.15. The minimum atomic E-state index is 0.0658. The van der Waals surface area contributed by atoms with E-state index in [-0.39, 0.29) is 6.04 Å². The van der Waals surface area contributed by atoms with Crippen LogP contribution in [0.1, 0.15) is 28.3 Å². The van der Waals surface area contributed by atoms with Gasteiger partial charge in [0.25, 0.3) is 0 Å². The van der Waals surface area contributed by atoms with Crippen molar-refractivity contribution in [3.63, 3.8) is 0 Å². The Morgan fingerprint density at radius 2 is 1.72 bits per heavy atom. The van der Waals surface area contributed by atoms with Gasteiger partial charge in [-0.25, -0.2) is 0 Å². The molecule has 94 valence electrons. The molecule has 0 aliphatic carbocycles. The third kappa shape index (κ3) is 2.78. The van der Waals surface area contributed by atoms with Crippen LogP contribution in [0, 0.1) is 13.8 Å². The van der Waals surface area contributed by atoms with Crippen molar-refractivity contribution in [2.45, 2.75) is 19.9 Å². The highest BCUT2D eigenvalue weighted by molar-refractivity contribution is 5.38. The maximum absolute atomic E-state index is 5.16. The second-order valence-corrected chi connectivity index (χ2v) is 4.53. The number of nitrogens with one attached hydrogen (secondary N) is 1. The standard InChI is InChI=1S/C16H19NO/c1-12-9-10-13(2)15(11-12)16(17-18-3)14-7-5-4-6-8-14/h4-11,16-17H,1-3H3. The fraction of sp³-hybridized carbons (Fsp3) is 0.250. The van der Waals surface area contributed by atoms with Crippen LogP contribution in [-0.2, 0) is 4.84 Å². The Balaban J connectivity index is 2.44. The predicted molar refractivity (Wildman–Crippen MR) is 74.3 cm³/mol. The van der Waals surface area contributed by atoms with Gasteiger partial charge in [-0.15, -0.1) is 0 Å². The third-order valence-electron chi connectivity index (χ3n) is 3.11. The zero-order valence-electron chi connectivity index (χ0n) is 11.1. The summed E-state index contributed by atoms with van der Waals surface area (Å²) in [6.07, 6.45) is 0. The molecule has 1 unspecified atom stereocenters. The molecule has 0 spiro atoms. The molecular weight excluding hydrogens is 222 g/mol. The lowest BCUT2D eigenvalue weighted by molar-refractivity contribution is 0.0714. The molecule has 2 nitrogen and oxygen atoms in total. The molecule has 0 aliphatic heterocycles. The molecule has 1 N–H and O–H groups in total. The molecule has 2 heteroatoms. The van der Waals surface area contributed by atoms with Crippen molar-refractivity contribution in [3.05, 3.63) is 70.8 Å². The van der Waals surface area contributed by atoms with Gasteiger partial charge in [-0.05, 0) is 30.5 Å². The lowest BCUT2D eigenvalue weighted by Gasteiger charge is -2.20. The van der Waals surface area contributed by atoms with E-state index in [1.54, 1.807) is 7.11 Å². The Bertz CT molecular complexity index is 508. The SMILES string of the molecule is CONC(c1ccccc1)c1cc(C)ccc1C. The van der Waals surface area contributed by atoms with Crippen LogP contribution in [0.15, 0.2) is 48.5 Å². The molecule has 0 saturated heterocycles. The van der Waals surface area contributed by atoms with Gasteiger partial charge in [0, 0.05) is 0 Å². The van der Waals surface area contributed by atoms with E-state index in [2.05, 4.69) is 49.7 Å². The number of benzene rings is 2. The maximum atomic E-state index is 5.16. The summed E-state index contributed by atoms with van der Waals surface area (Å²) in [6.45, 7) is 4.24. The Morgan fingerprint density at radius 3 is 2.39 bits per heavy atom. The summed E-state index contributed by atoms with van der Waals surface area (Å²) in [4.78, 5) is 5.16. The fourth-order valence-electron chi connectivity index (χ4n) is 2.15. The lowest BCUT2D eigenvalue weighted by Crippen LogP contribution is -2.22. The predicted octanol–water partition coefficient (Wildman–Crippen LogP) is 3.54. The topological polar surface area (TPSA) is 21.3 Å². The Hall–Kier alpha value is -1.64. The first kappa shape index (κ1) is 12.8. The molecule has 2 aromatic rings. The van der Waals surface area contributed by atoms with Crippen molar-refractivity contribution in [2.75, 3.05) is 7.11 Å². The molecule has 0 amide bonds. The van der Waals surface area contributed by atoms with Gasteiger partial charge in [-0.2, -0.15) is 5.48 Å². The maximum Gasteiger partial charge on any atom is 0.0824 e. The van der Waals surface area contributed by atoms with Crippen LogP contribution in [-0.4, -0.2) is 7.11 Å². The van der Waals surface area contributed by atoms with Crippen LogP contribution in [0.25, 0.3) is 0 Å². The number of rotatable bonds is 4. The summed E-state index contributed by atoms with van der Waals surface area (Å²) in [5.41, 5.74) is 8.06. The van der Waals surface area contributed by atoms with Gasteiger partial charge >= 0.3 is 0 Å². The van der Waals surface area contributed by atoms with Gasteiger partial charge in [-0.1, -0.05) is 54.1 Å². The van der Waals surface area contributed by atoms with Crippen molar-refractivity contribution in [2.24, 2.45) is 0 Å². The first-order chi connectivity index (χ1) is 8.72. The molecule has 0 bridgehead atoms. The van der Waals surface area contributed by atoms with Crippen LogP contribution < -0.4 is 5.48 Å². The highest BCUT2D eigenvalue weighted by Gasteiger charge is 2.15. The van der Waals surface area contributed by atoms with Crippen molar-refractivity contribution in [3.8, 4) is 0 Å². The molecular formula is C16H19NO. The zero-order chi connectivity index (χ0) is 13.0. The Kier molecular flexibility index (Phi) is 4.13. The highest BCUT2D eigenvalue weighted by Crippen LogP contribution is 2.25. The average molecular weight is 241 g/mol. The molecule has 0 radical (unpaired) electrons. The van der Waals surface area contributed by atoms with Crippen molar-refractivity contribution in [1.82, 2.24) is 5.48 Å². The minimum absolute atomic E-state index is 0.0658. The summed E-state index contributed by atoms with van der Waals surface area (Å²) >= 11 is 0. The summed E-state index contributed by atoms with van der Waals surface area (Å²) in [5, 5.41) is 0. The second kappa shape index (κ2) is 5.80. The van der Waals surface area contributed by atoms with Gasteiger partial charge in [0.2, 0.25) is 0 Å². The monoisotopic (exact) mass is 241 g/mol. The molecule has 0 heterocycles. The normalized spacial score (nSPS) is 12.4. The van der Waals surface area contributed by atoms with Crippen LogP contribution in [0.3, 0.4) is 0 Å². The van der Waals surface area contributed by atoms with Crippen LogP contribution in [0.2, 0.25) is 0 Å². The smallest absolute Gasteiger partial charge is 0.0824 e. The summed E-state index contributed by atoms with van der Waals surface area (Å²) < 4.78 is 0. The van der Waals surface area contributed by atoms with Crippen molar-refractivity contribution < 1.29 is 4.84 Å². The third-order valence-corrected chi connectivity index (χ3v) is 3.11. The van der Waals surface area contributed by atoms with E-state index in [0.717, 1.165) is 0 Å². The molecule has 18 heavy (non-hydrogen) atoms. The number of hydrogen-bond acceptors (Lipinski definition) is 2. The lowest BCUT2D eigenvalue weighted by atomic mass is 9.94. The number of hydroxylamine groups is 1. The van der Waals surface area contributed by atoms with Crippen molar-refractivity contribution in [1.29, 1.82) is 0 Å². The molecule has 0 aliphatic rings. The number of hydrogen-bond donors (Lipinski definition) is 1. The van der Waals surface area contributed by atoms with E-state index in [0.29, 0.717) is 0 Å². The molecule has 1 atom stereocenters. The second-order valence-electron chi connectivity index (χ2n) is 4.53. The largest absolute Gasteiger partial charge is 0.304 e. The van der Waals surface area contributed by atoms with E-state index in [1.807, 2.05) is 18.2 Å². The molecule has 0 fully saturated rings. The summed E-state index contributed by atoms with van der Waals surface area (Å²) in [6, 6.07) is 16.9. The average Bonchev–Trinajstić information content (AvgIpc) is 2.40. The minimum Gasteiger partial charge on any atom is -0.304 e. The molecule has 2 aromatic carbocycles. The van der Waals surface area contributed by atoms with E-state index < -0.39 is 0 Å². The van der Waals surface area contributed by atoms with Gasteiger partial charge < -0.3 is 4.84 Å². The number of aryl methyl sites for hydroxylation is 2. The van der Waals surface area contributed by atoms with Crippen molar-refractivity contribution >= 4 is 0 Å². The molecule has 2 rings (SSSR count). The van der Waals surface area contributed by atoms with Gasteiger partial charge in [-0.3, -0.25) is 0 Å². The van der Waals surface area contributed by atoms with E-state index in [9.17, 15) is 0 Å². The van der Waals surface area contributed by atoms with E-state index in [1.165, 1.54) is 22.3 Å². The first-order valence-corrected chi connectivity index (χ1v) is 6.13. The summed E-state index contributed by atoms with van der Waals surface area (Å²) in [5.74, 6) is 0. The molecule has 0 saturated carbocycles. The quantitative estimate of drug-likeness (QED) is 0.827. The van der Waals surface area contributed by atoms with Gasteiger partial charge in [0.05, 0.1) is 13.2 Å². The zero-order valence-corrected chi connectivity index (χ0v) is 11.1. The first-order valence-electron chi connectivity index (χ1n) is 6.13. The van der Waals surface area contributed by atoms with Gasteiger partial charge in [0.1, 0.15) is 0 Å². The van der Waals surface area contributed by atoms with Crippen LogP contribution in [0.5, 0.6) is 0 Å². The summed E-state index contributed by atoms with van der Waals surface area (Å²) in [7, 11) is 1.65.